The molecule has 0 saturated carbocycles. The summed E-state index contributed by atoms with van der Waals surface area (Å²) in [6.45, 7) is 3.26. The summed E-state index contributed by atoms with van der Waals surface area (Å²) in [6, 6.07) is 8.86. The van der Waals surface area contributed by atoms with E-state index in [0.717, 1.165) is 13.0 Å². The summed E-state index contributed by atoms with van der Waals surface area (Å²) in [5, 5.41) is 12.0. The van der Waals surface area contributed by atoms with E-state index in [-0.39, 0.29) is 6.61 Å². The normalized spacial score (nSPS) is 12.8. The molecular formula is C11H16INO. The van der Waals surface area contributed by atoms with Gasteiger partial charge < -0.3 is 10.4 Å². The molecule has 3 heteroatoms. The smallest absolute Gasteiger partial charge is 0.0443 e. The fourth-order valence-corrected chi connectivity index (χ4v) is 1.63. The summed E-state index contributed by atoms with van der Waals surface area (Å²) >= 11 is 2.30. The third kappa shape index (κ3) is 3.94. The van der Waals surface area contributed by atoms with E-state index < -0.39 is 0 Å². The summed E-state index contributed by atoms with van der Waals surface area (Å²) in [7, 11) is 0. The molecule has 0 aromatic heterocycles. The maximum absolute atomic E-state index is 8.65. The van der Waals surface area contributed by atoms with Crippen LogP contribution >= 0.6 is 22.6 Å². The highest BCUT2D eigenvalue weighted by Crippen LogP contribution is 2.14. The van der Waals surface area contributed by atoms with Crippen LogP contribution in [0.15, 0.2) is 24.3 Å². The Hall–Kier alpha value is -0.130. The van der Waals surface area contributed by atoms with Gasteiger partial charge in [-0.2, -0.15) is 0 Å². The topological polar surface area (TPSA) is 32.3 Å². The molecule has 0 amide bonds. The van der Waals surface area contributed by atoms with Crippen LogP contribution in [0.5, 0.6) is 0 Å². The molecule has 14 heavy (non-hydrogen) atoms. The van der Waals surface area contributed by atoms with Gasteiger partial charge in [-0.05, 0) is 60.2 Å². The molecule has 0 bridgehead atoms. The predicted octanol–water partition coefficient (Wildman–Crippen LogP) is 2.32. The van der Waals surface area contributed by atoms with Gasteiger partial charge in [0, 0.05) is 16.2 Å². The van der Waals surface area contributed by atoms with Crippen LogP contribution in [-0.4, -0.2) is 18.3 Å². The summed E-state index contributed by atoms with van der Waals surface area (Å²) < 4.78 is 1.26. The molecule has 0 spiro atoms. The van der Waals surface area contributed by atoms with Gasteiger partial charge in [-0.15, -0.1) is 0 Å². The van der Waals surface area contributed by atoms with Crippen molar-refractivity contribution in [2.75, 3.05) is 13.2 Å². The molecule has 0 aliphatic rings. The molecule has 1 aromatic rings. The van der Waals surface area contributed by atoms with Crippen LogP contribution in [0.3, 0.4) is 0 Å². The van der Waals surface area contributed by atoms with E-state index in [2.05, 4.69) is 59.1 Å². The SMILES string of the molecule is C[C@@H](NCCCO)c1ccc(I)cc1. The fourth-order valence-electron chi connectivity index (χ4n) is 1.27. The Morgan fingerprint density at radius 1 is 1.36 bits per heavy atom. The number of benzene rings is 1. The second-order valence-corrected chi connectivity index (χ2v) is 4.55. The lowest BCUT2D eigenvalue weighted by Crippen LogP contribution is -2.20. The van der Waals surface area contributed by atoms with E-state index in [1.54, 1.807) is 0 Å². The third-order valence-electron chi connectivity index (χ3n) is 2.16. The van der Waals surface area contributed by atoms with Gasteiger partial charge in [0.15, 0.2) is 0 Å². The zero-order chi connectivity index (χ0) is 10.4. The second-order valence-electron chi connectivity index (χ2n) is 3.30. The van der Waals surface area contributed by atoms with Crippen LogP contribution in [0.1, 0.15) is 24.9 Å². The number of nitrogens with one attached hydrogen (secondary N) is 1. The Morgan fingerprint density at radius 2 is 2.00 bits per heavy atom. The van der Waals surface area contributed by atoms with Gasteiger partial charge in [-0.1, -0.05) is 12.1 Å². The van der Waals surface area contributed by atoms with E-state index in [9.17, 15) is 0 Å². The minimum Gasteiger partial charge on any atom is -0.396 e. The Morgan fingerprint density at radius 3 is 2.57 bits per heavy atom. The Balaban J connectivity index is 2.43. The van der Waals surface area contributed by atoms with Crippen LogP contribution in [0, 0.1) is 3.57 Å². The lowest BCUT2D eigenvalue weighted by Gasteiger charge is -2.13. The first-order valence-electron chi connectivity index (χ1n) is 4.83. The minimum absolute atomic E-state index is 0.256. The number of hydrogen-bond acceptors (Lipinski definition) is 2. The molecule has 2 nitrogen and oxygen atoms in total. The molecular weight excluding hydrogens is 289 g/mol. The summed E-state index contributed by atoms with van der Waals surface area (Å²) in [4.78, 5) is 0. The molecule has 0 heterocycles. The van der Waals surface area contributed by atoms with Crippen LogP contribution in [-0.2, 0) is 0 Å². The average Bonchev–Trinajstić information content (AvgIpc) is 2.19. The van der Waals surface area contributed by atoms with Crippen molar-refractivity contribution in [1.82, 2.24) is 5.32 Å². The van der Waals surface area contributed by atoms with Crippen LogP contribution in [0.4, 0.5) is 0 Å². The Bertz CT molecular complexity index is 260. The predicted molar refractivity (Wildman–Crippen MR) is 67.3 cm³/mol. The molecule has 0 aliphatic carbocycles. The Labute approximate surface area is 98.9 Å². The highest BCUT2D eigenvalue weighted by molar-refractivity contribution is 14.1. The van der Waals surface area contributed by atoms with Crippen molar-refractivity contribution in [3.05, 3.63) is 33.4 Å². The van der Waals surface area contributed by atoms with Gasteiger partial charge in [0.2, 0.25) is 0 Å². The second kappa shape index (κ2) is 6.37. The first-order valence-corrected chi connectivity index (χ1v) is 5.91. The van der Waals surface area contributed by atoms with Gasteiger partial charge in [0.1, 0.15) is 0 Å². The van der Waals surface area contributed by atoms with Crippen LogP contribution < -0.4 is 5.32 Å². The first-order chi connectivity index (χ1) is 6.74. The number of rotatable bonds is 5. The van der Waals surface area contributed by atoms with Gasteiger partial charge >= 0.3 is 0 Å². The summed E-state index contributed by atoms with van der Waals surface area (Å²) in [5.74, 6) is 0. The number of aliphatic hydroxyl groups excluding tert-OH is 1. The van der Waals surface area contributed by atoms with Crippen molar-refractivity contribution < 1.29 is 5.11 Å². The fraction of sp³-hybridized carbons (Fsp3) is 0.455. The van der Waals surface area contributed by atoms with Crippen LogP contribution in [0.25, 0.3) is 0 Å². The molecule has 1 aromatic carbocycles. The van der Waals surface area contributed by atoms with Crippen molar-refractivity contribution in [3.63, 3.8) is 0 Å². The van der Waals surface area contributed by atoms with Gasteiger partial charge in [-0.3, -0.25) is 0 Å². The summed E-state index contributed by atoms with van der Waals surface area (Å²) in [5.41, 5.74) is 1.29. The van der Waals surface area contributed by atoms with Crippen molar-refractivity contribution in [2.45, 2.75) is 19.4 Å². The number of halogens is 1. The lowest BCUT2D eigenvalue weighted by molar-refractivity contribution is 0.284. The van der Waals surface area contributed by atoms with Crippen LogP contribution in [0.2, 0.25) is 0 Å². The largest absolute Gasteiger partial charge is 0.396 e. The van der Waals surface area contributed by atoms with Gasteiger partial charge in [0.05, 0.1) is 0 Å². The molecule has 2 N–H and O–H groups in total. The number of hydrogen-bond donors (Lipinski definition) is 2. The van der Waals surface area contributed by atoms with E-state index in [0.29, 0.717) is 6.04 Å². The van der Waals surface area contributed by atoms with E-state index in [1.165, 1.54) is 9.13 Å². The van der Waals surface area contributed by atoms with Crippen molar-refractivity contribution in [3.8, 4) is 0 Å². The van der Waals surface area contributed by atoms with Crippen molar-refractivity contribution >= 4 is 22.6 Å². The summed E-state index contributed by atoms with van der Waals surface area (Å²) in [6.07, 6.45) is 0.814. The molecule has 0 unspecified atom stereocenters. The highest BCUT2D eigenvalue weighted by atomic mass is 127. The molecule has 0 fully saturated rings. The Kier molecular flexibility index (Phi) is 5.44. The molecule has 78 valence electrons. The number of aliphatic hydroxyl groups is 1. The lowest BCUT2D eigenvalue weighted by atomic mass is 10.1. The van der Waals surface area contributed by atoms with E-state index in [1.807, 2.05) is 0 Å². The quantitative estimate of drug-likeness (QED) is 0.646. The molecule has 0 radical (unpaired) electrons. The highest BCUT2D eigenvalue weighted by Gasteiger charge is 2.02. The molecule has 1 rings (SSSR count). The zero-order valence-electron chi connectivity index (χ0n) is 8.33. The van der Waals surface area contributed by atoms with Gasteiger partial charge in [-0.25, -0.2) is 0 Å². The van der Waals surface area contributed by atoms with E-state index >= 15 is 0 Å². The molecule has 0 saturated heterocycles. The maximum Gasteiger partial charge on any atom is 0.0443 e. The van der Waals surface area contributed by atoms with Gasteiger partial charge in [0.25, 0.3) is 0 Å². The molecule has 1 atom stereocenters. The van der Waals surface area contributed by atoms with E-state index in [4.69, 9.17) is 5.11 Å². The third-order valence-corrected chi connectivity index (χ3v) is 2.87. The maximum atomic E-state index is 8.65. The zero-order valence-corrected chi connectivity index (χ0v) is 10.5. The monoisotopic (exact) mass is 305 g/mol. The average molecular weight is 305 g/mol. The van der Waals surface area contributed by atoms with Crippen molar-refractivity contribution in [2.24, 2.45) is 0 Å². The standard InChI is InChI=1S/C11H16INO/c1-9(13-7-2-8-14)10-3-5-11(12)6-4-10/h3-6,9,13-14H,2,7-8H2,1H3/t9-/m1/s1. The first kappa shape index (κ1) is 11.9. The molecule has 0 aliphatic heterocycles. The van der Waals surface area contributed by atoms with Crippen molar-refractivity contribution in [1.29, 1.82) is 0 Å². The minimum atomic E-state index is 0.256.